The third-order valence-electron chi connectivity index (χ3n) is 9.47. The third-order valence-corrected chi connectivity index (χ3v) is 9.47. The Hall–Kier alpha value is -6.20. The number of para-hydroxylation sites is 5. The van der Waals surface area contributed by atoms with Gasteiger partial charge in [0.05, 0.1) is 11.0 Å². The van der Waals surface area contributed by atoms with Gasteiger partial charge in [-0.25, -0.2) is 0 Å². The Kier molecular flexibility index (Phi) is 5.63. The molecule has 3 heterocycles. The molecule has 1 aromatic heterocycles. The van der Waals surface area contributed by atoms with Crippen molar-refractivity contribution in [3.05, 3.63) is 164 Å². The molecule has 0 saturated carbocycles. The Labute approximate surface area is 272 Å². The number of benzene rings is 7. The Morgan fingerprint density at radius 1 is 0.468 bits per heavy atom. The molecule has 0 spiro atoms. The fraction of sp³-hybridized carbons (Fsp3) is 0. The van der Waals surface area contributed by atoms with E-state index < -0.39 is 0 Å². The first kappa shape index (κ1) is 26.1. The maximum absolute atomic E-state index is 7.18. The van der Waals surface area contributed by atoms with Crippen molar-refractivity contribution in [1.29, 1.82) is 0 Å². The van der Waals surface area contributed by atoms with E-state index in [1.807, 2.05) is 6.07 Å². The van der Waals surface area contributed by atoms with E-state index in [9.17, 15) is 0 Å². The molecule has 8 aromatic rings. The van der Waals surface area contributed by atoms with Crippen molar-refractivity contribution in [2.75, 3.05) is 4.90 Å². The minimum atomic E-state index is -0.0451. The number of fused-ring (bicyclic) bond motifs is 8. The minimum Gasteiger partial charge on any atom is -0.458 e. The predicted molar refractivity (Wildman–Crippen MR) is 193 cm³/mol. The molecule has 10 rings (SSSR count). The summed E-state index contributed by atoms with van der Waals surface area (Å²) in [7, 11) is 0. The van der Waals surface area contributed by atoms with Crippen molar-refractivity contribution in [3.8, 4) is 28.7 Å². The lowest BCUT2D eigenvalue weighted by atomic mass is 9.35. The summed E-state index contributed by atoms with van der Waals surface area (Å²) < 4.78 is 16.2. The molecule has 0 amide bonds. The van der Waals surface area contributed by atoms with E-state index >= 15 is 0 Å². The van der Waals surface area contributed by atoms with E-state index in [1.165, 1.54) is 0 Å². The van der Waals surface area contributed by atoms with E-state index in [0.717, 1.165) is 83.9 Å². The molecule has 0 saturated heterocycles. The summed E-state index contributed by atoms with van der Waals surface area (Å²) in [6.07, 6.45) is 0. The van der Waals surface area contributed by atoms with Crippen molar-refractivity contribution in [2.45, 2.75) is 0 Å². The number of rotatable bonds is 4. The molecule has 2 aliphatic heterocycles. The summed E-state index contributed by atoms with van der Waals surface area (Å²) in [5.41, 5.74) is 9.79. The van der Waals surface area contributed by atoms with Crippen molar-refractivity contribution in [1.82, 2.24) is 4.57 Å². The van der Waals surface area contributed by atoms with Crippen LogP contribution < -0.4 is 30.8 Å². The Balaban J connectivity index is 1.27. The summed E-state index contributed by atoms with van der Waals surface area (Å²) in [5.74, 6) is 3.41. The van der Waals surface area contributed by atoms with Gasteiger partial charge in [-0.2, -0.15) is 0 Å². The summed E-state index contributed by atoms with van der Waals surface area (Å²) in [6, 6.07) is 57.4. The lowest BCUT2D eigenvalue weighted by Gasteiger charge is -2.34. The molecule has 0 atom stereocenters. The Bertz CT molecular complexity index is 2440. The second-order valence-corrected chi connectivity index (χ2v) is 12.1. The molecule has 0 N–H and O–H groups in total. The number of hydrogen-bond donors (Lipinski definition) is 0. The van der Waals surface area contributed by atoms with Crippen LogP contribution in [0.3, 0.4) is 0 Å². The molecule has 0 radical (unpaired) electrons. The van der Waals surface area contributed by atoms with Crippen LogP contribution in [0.25, 0.3) is 27.5 Å². The van der Waals surface area contributed by atoms with Gasteiger partial charge in [-0.3, -0.25) is 0 Å². The van der Waals surface area contributed by atoms with Gasteiger partial charge >= 0.3 is 0 Å². The number of nitrogens with zero attached hydrogens (tertiary/aromatic N) is 2. The van der Waals surface area contributed by atoms with E-state index in [1.54, 1.807) is 0 Å². The highest BCUT2D eigenvalue weighted by atomic mass is 16.5. The van der Waals surface area contributed by atoms with Crippen LogP contribution in [0.5, 0.6) is 23.0 Å². The average molecular weight is 603 g/mol. The van der Waals surface area contributed by atoms with Crippen molar-refractivity contribution in [2.24, 2.45) is 0 Å². The smallest absolute Gasteiger partial charge is 0.260 e. The molecule has 47 heavy (non-hydrogen) atoms. The summed E-state index contributed by atoms with van der Waals surface area (Å²) >= 11 is 0. The molecule has 7 aromatic carbocycles. The first-order valence-corrected chi connectivity index (χ1v) is 16.0. The fourth-order valence-electron chi connectivity index (χ4n) is 7.50. The van der Waals surface area contributed by atoms with Gasteiger partial charge in [0.15, 0.2) is 5.75 Å². The SMILES string of the molecule is c1ccc(N(c2ccccc2)c2ccc3c(c2)Oc2c4c(cc5c6ccccc6n(-c6ccccc6)c25)Oc2ccccc2B34)cc1. The predicted octanol–water partition coefficient (Wildman–Crippen LogP) is 8.98. The quantitative estimate of drug-likeness (QED) is 0.188. The lowest BCUT2D eigenvalue weighted by Crippen LogP contribution is -2.57. The highest BCUT2D eigenvalue weighted by Gasteiger charge is 2.42. The zero-order valence-corrected chi connectivity index (χ0v) is 25.4. The van der Waals surface area contributed by atoms with Crippen LogP contribution >= 0.6 is 0 Å². The molecule has 0 bridgehead atoms. The third kappa shape index (κ3) is 3.90. The molecule has 0 aliphatic carbocycles. The molecule has 5 heteroatoms. The monoisotopic (exact) mass is 602 g/mol. The van der Waals surface area contributed by atoms with Gasteiger partial charge in [-0.05, 0) is 71.6 Å². The van der Waals surface area contributed by atoms with Gasteiger partial charge in [-0.15, -0.1) is 0 Å². The topological polar surface area (TPSA) is 26.6 Å². The first-order chi connectivity index (χ1) is 23.3. The largest absolute Gasteiger partial charge is 0.458 e. The molecule has 0 unspecified atom stereocenters. The molecular weight excluding hydrogens is 575 g/mol. The highest BCUT2D eigenvalue weighted by molar-refractivity contribution is 6.98. The number of aromatic nitrogens is 1. The highest BCUT2D eigenvalue weighted by Crippen LogP contribution is 2.45. The standard InChI is InChI=1S/C42H27BN2O2/c1-4-14-28(15-5-1)44(29-16-6-2-7-17-29)31-24-25-35-38(26-31)47-42-40-39(46-37-23-13-11-21-34(37)43(35)40)27-33-32-20-10-12-22-36(32)45(41(33)42)30-18-8-3-9-19-30/h1-27H. The summed E-state index contributed by atoms with van der Waals surface area (Å²) in [5, 5.41) is 2.26. The van der Waals surface area contributed by atoms with Crippen LogP contribution in [0.15, 0.2) is 164 Å². The molecule has 2 aliphatic rings. The maximum atomic E-state index is 7.18. The number of hydrogen-bond acceptors (Lipinski definition) is 3. The fourth-order valence-corrected chi connectivity index (χ4v) is 7.50. The Morgan fingerprint density at radius 3 is 1.87 bits per heavy atom. The van der Waals surface area contributed by atoms with Gasteiger partial charge < -0.3 is 18.9 Å². The molecule has 0 fully saturated rings. The van der Waals surface area contributed by atoms with Crippen molar-refractivity contribution < 1.29 is 9.47 Å². The van der Waals surface area contributed by atoms with Crippen LogP contribution in [-0.4, -0.2) is 11.3 Å². The zero-order chi connectivity index (χ0) is 30.9. The van der Waals surface area contributed by atoms with Crippen LogP contribution in [0.4, 0.5) is 17.1 Å². The van der Waals surface area contributed by atoms with Crippen LogP contribution in [0.1, 0.15) is 0 Å². The molecular formula is C42H27BN2O2. The van der Waals surface area contributed by atoms with Gasteiger partial charge in [-0.1, -0.05) is 97.1 Å². The van der Waals surface area contributed by atoms with Gasteiger partial charge in [0.2, 0.25) is 0 Å². The van der Waals surface area contributed by atoms with Crippen molar-refractivity contribution in [3.63, 3.8) is 0 Å². The van der Waals surface area contributed by atoms with E-state index in [4.69, 9.17) is 9.47 Å². The Morgan fingerprint density at radius 2 is 1.11 bits per heavy atom. The number of ether oxygens (including phenoxy) is 2. The normalized spacial score (nSPS) is 12.6. The maximum Gasteiger partial charge on any atom is 0.260 e. The number of anilines is 3. The zero-order valence-electron chi connectivity index (χ0n) is 25.4. The van der Waals surface area contributed by atoms with Crippen LogP contribution in [0, 0.1) is 0 Å². The van der Waals surface area contributed by atoms with Crippen LogP contribution in [0.2, 0.25) is 0 Å². The molecule has 4 nitrogen and oxygen atoms in total. The van der Waals surface area contributed by atoms with Crippen LogP contribution in [-0.2, 0) is 0 Å². The van der Waals surface area contributed by atoms with Gasteiger partial charge in [0.1, 0.15) is 17.2 Å². The average Bonchev–Trinajstić information content (AvgIpc) is 3.47. The minimum absolute atomic E-state index is 0.0451. The van der Waals surface area contributed by atoms with E-state index in [0.29, 0.717) is 0 Å². The molecule has 220 valence electrons. The van der Waals surface area contributed by atoms with Crippen molar-refractivity contribution >= 4 is 62.0 Å². The summed E-state index contributed by atoms with van der Waals surface area (Å²) in [4.78, 5) is 2.28. The first-order valence-electron chi connectivity index (χ1n) is 16.0. The summed E-state index contributed by atoms with van der Waals surface area (Å²) in [6.45, 7) is -0.0451. The van der Waals surface area contributed by atoms with E-state index in [-0.39, 0.29) is 6.71 Å². The van der Waals surface area contributed by atoms with Gasteiger partial charge in [0.25, 0.3) is 6.71 Å². The van der Waals surface area contributed by atoms with E-state index in [2.05, 4.69) is 167 Å². The second kappa shape index (κ2) is 10.2. The van der Waals surface area contributed by atoms with Gasteiger partial charge in [0, 0.05) is 45.1 Å². The second-order valence-electron chi connectivity index (χ2n) is 12.1. The lowest BCUT2D eigenvalue weighted by molar-refractivity contribution is 0.468.